The maximum atomic E-state index is 6.11. The van der Waals surface area contributed by atoms with Crippen molar-refractivity contribution in [2.45, 2.75) is 0 Å². The molecule has 134 valence electrons. The number of methoxy groups -OCH3 is 2. The standard InChI is InChI=1S/C18H15Cl2N3O2S/c1-24-13-5-6-14(17(8-13)25-2)16-10-26-18(22-16)23-21-9-11-3-4-12(19)7-15(11)20/h3-10H,1-2H3,(H,22,23)/b21-9-. The molecule has 0 atom stereocenters. The number of hydrogen-bond donors (Lipinski definition) is 1. The van der Waals surface area contributed by atoms with E-state index in [9.17, 15) is 0 Å². The van der Waals surface area contributed by atoms with E-state index in [2.05, 4.69) is 15.5 Å². The van der Waals surface area contributed by atoms with Gasteiger partial charge in [0.2, 0.25) is 5.13 Å². The summed E-state index contributed by atoms with van der Waals surface area (Å²) in [5.41, 5.74) is 5.33. The van der Waals surface area contributed by atoms with Crippen molar-refractivity contribution in [3.05, 3.63) is 57.4 Å². The first-order chi connectivity index (χ1) is 12.6. The van der Waals surface area contributed by atoms with Crippen LogP contribution in [0.1, 0.15) is 5.56 Å². The highest BCUT2D eigenvalue weighted by Gasteiger charge is 2.11. The normalized spacial score (nSPS) is 10.9. The van der Waals surface area contributed by atoms with Crippen LogP contribution in [-0.2, 0) is 0 Å². The largest absolute Gasteiger partial charge is 0.497 e. The number of halogens is 2. The van der Waals surface area contributed by atoms with Gasteiger partial charge < -0.3 is 9.47 Å². The number of rotatable bonds is 6. The molecule has 1 aromatic heterocycles. The van der Waals surface area contributed by atoms with Crippen molar-refractivity contribution >= 4 is 45.9 Å². The number of aromatic nitrogens is 1. The van der Waals surface area contributed by atoms with Crippen LogP contribution in [0.4, 0.5) is 5.13 Å². The van der Waals surface area contributed by atoms with Crippen LogP contribution in [-0.4, -0.2) is 25.4 Å². The molecule has 0 saturated heterocycles. The molecule has 0 fully saturated rings. The molecule has 8 heteroatoms. The molecule has 5 nitrogen and oxygen atoms in total. The lowest BCUT2D eigenvalue weighted by Crippen LogP contribution is -1.92. The zero-order chi connectivity index (χ0) is 18.5. The highest BCUT2D eigenvalue weighted by molar-refractivity contribution is 7.14. The third-order valence-electron chi connectivity index (χ3n) is 3.52. The molecule has 0 bridgehead atoms. The number of hydrogen-bond acceptors (Lipinski definition) is 6. The van der Waals surface area contributed by atoms with E-state index in [4.69, 9.17) is 32.7 Å². The molecule has 0 aliphatic heterocycles. The third-order valence-corrected chi connectivity index (χ3v) is 4.82. The molecule has 0 radical (unpaired) electrons. The fourth-order valence-electron chi connectivity index (χ4n) is 2.22. The monoisotopic (exact) mass is 407 g/mol. The molecule has 2 aromatic carbocycles. The van der Waals surface area contributed by atoms with Crippen molar-refractivity contribution in [3.63, 3.8) is 0 Å². The Balaban J connectivity index is 1.75. The molecule has 0 unspecified atom stereocenters. The van der Waals surface area contributed by atoms with E-state index in [0.29, 0.717) is 20.9 Å². The molecule has 0 aliphatic rings. The maximum Gasteiger partial charge on any atom is 0.203 e. The summed E-state index contributed by atoms with van der Waals surface area (Å²) < 4.78 is 10.6. The summed E-state index contributed by atoms with van der Waals surface area (Å²) in [5, 5.41) is 7.87. The Bertz CT molecular complexity index is 944. The minimum atomic E-state index is 0.533. The minimum Gasteiger partial charge on any atom is -0.497 e. The van der Waals surface area contributed by atoms with Gasteiger partial charge in [-0.1, -0.05) is 29.3 Å². The number of ether oxygens (including phenoxy) is 2. The van der Waals surface area contributed by atoms with Gasteiger partial charge in [0.15, 0.2) is 0 Å². The molecule has 0 aliphatic carbocycles. The van der Waals surface area contributed by atoms with Crippen LogP contribution in [0.15, 0.2) is 46.9 Å². The van der Waals surface area contributed by atoms with E-state index < -0.39 is 0 Å². The van der Waals surface area contributed by atoms with Crippen LogP contribution in [0.2, 0.25) is 10.0 Å². The van der Waals surface area contributed by atoms with E-state index in [-0.39, 0.29) is 0 Å². The maximum absolute atomic E-state index is 6.11. The van der Waals surface area contributed by atoms with Gasteiger partial charge in [0, 0.05) is 27.6 Å². The summed E-state index contributed by atoms with van der Waals surface area (Å²) in [6, 6.07) is 10.8. The highest BCUT2D eigenvalue weighted by atomic mass is 35.5. The highest BCUT2D eigenvalue weighted by Crippen LogP contribution is 2.34. The fourth-order valence-corrected chi connectivity index (χ4v) is 3.34. The predicted octanol–water partition coefficient (Wildman–Crippen LogP) is 5.58. The van der Waals surface area contributed by atoms with Gasteiger partial charge in [-0.3, -0.25) is 5.43 Å². The smallest absolute Gasteiger partial charge is 0.203 e. The van der Waals surface area contributed by atoms with Crippen LogP contribution < -0.4 is 14.9 Å². The number of hydrazone groups is 1. The molecule has 0 spiro atoms. The molecule has 1 N–H and O–H groups in total. The van der Waals surface area contributed by atoms with Crippen molar-refractivity contribution in [2.24, 2.45) is 5.10 Å². The molecule has 3 rings (SSSR count). The Kier molecular flexibility index (Phi) is 5.98. The number of thiazole rings is 1. The summed E-state index contributed by atoms with van der Waals surface area (Å²) in [6.45, 7) is 0. The Morgan fingerprint density at radius 1 is 1.12 bits per heavy atom. The Morgan fingerprint density at radius 3 is 2.69 bits per heavy atom. The summed E-state index contributed by atoms with van der Waals surface area (Å²) in [4.78, 5) is 4.53. The molecule has 0 saturated carbocycles. The number of nitrogens with zero attached hydrogens (tertiary/aromatic N) is 2. The lowest BCUT2D eigenvalue weighted by molar-refractivity contribution is 0.395. The van der Waals surface area contributed by atoms with Gasteiger partial charge in [-0.05, 0) is 24.3 Å². The molecular formula is C18H15Cl2N3O2S. The SMILES string of the molecule is COc1ccc(-c2csc(N/N=C\c3ccc(Cl)cc3Cl)n2)c(OC)c1. The first-order valence-electron chi connectivity index (χ1n) is 7.52. The van der Waals surface area contributed by atoms with Crippen molar-refractivity contribution < 1.29 is 9.47 Å². The van der Waals surface area contributed by atoms with Crippen molar-refractivity contribution in [1.82, 2.24) is 4.98 Å². The van der Waals surface area contributed by atoms with Gasteiger partial charge in [-0.25, -0.2) is 4.98 Å². The molecule has 1 heterocycles. The van der Waals surface area contributed by atoms with E-state index in [1.165, 1.54) is 11.3 Å². The predicted molar refractivity (Wildman–Crippen MR) is 108 cm³/mol. The Labute approximate surface area is 165 Å². The minimum absolute atomic E-state index is 0.533. The second kappa shape index (κ2) is 8.40. The first-order valence-corrected chi connectivity index (χ1v) is 9.16. The number of benzene rings is 2. The summed E-state index contributed by atoms with van der Waals surface area (Å²) in [5.74, 6) is 1.42. The number of nitrogens with one attached hydrogen (secondary N) is 1. The summed E-state index contributed by atoms with van der Waals surface area (Å²) in [6.07, 6.45) is 1.62. The average Bonchev–Trinajstić information content (AvgIpc) is 3.11. The third kappa shape index (κ3) is 4.27. The lowest BCUT2D eigenvalue weighted by atomic mass is 10.1. The molecule has 0 amide bonds. The zero-order valence-electron chi connectivity index (χ0n) is 14.0. The van der Waals surface area contributed by atoms with Crippen LogP contribution in [0.3, 0.4) is 0 Å². The second-order valence-corrected chi connectivity index (χ2v) is 6.84. The van der Waals surface area contributed by atoms with Gasteiger partial charge in [0.1, 0.15) is 11.5 Å². The van der Waals surface area contributed by atoms with Crippen LogP contribution >= 0.6 is 34.5 Å². The summed E-state index contributed by atoms with van der Waals surface area (Å²) >= 11 is 13.4. The van der Waals surface area contributed by atoms with Gasteiger partial charge in [-0.2, -0.15) is 5.10 Å². The van der Waals surface area contributed by atoms with Crippen LogP contribution in [0.5, 0.6) is 11.5 Å². The zero-order valence-corrected chi connectivity index (χ0v) is 16.3. The van der Waals surface area contributed by atoms with E-state index in [1.807, 2.05) is 23.6 Å². The topological polar surface area (TPSA) is 55.7 Å². The van der Waals surface area contributed by atoms with Gasteiger partial charge >= 0.3 is 0 Å². The van der Waals surface area contributed by atoms with Gasteiger partial charge in [-0.15, -0.1) is 11.3 Å². The summed E-state index contributed by atoms with van der Waals surface area (Å²) in [7, 11) is 3.23. The molecule has 3 aromatic rings. The van der Waals surface area contributed by atoms with Crippen molar-refractivity contribution in [1.29, 1.82) is 0 Å². The van der Waals surface area contributed by atoms with Gasteiger partial charge in [0.05, 0.1) is 31.2 Å². The van der Waals surface area contributed by atoms with Crippen LogP contribution in [0, 0.1) is 0 Å². The van der Waals surface area contributed by atoms with E-state index in [1.54, 1.807) is 38.6 Å². The molecule has 26 heavy (non-hydrogen) atoms. The van der Waals surface area contributed by atoms with Gasteiger partial charge in [0.25, 0.3) is 0 Å². The quantitative estimate of drug-likeness (QED) is 0.427. The van der Waals surface area contributed by atoms with E-state index >= 15 is 0 Å². The second-order valence-electron chi connectivity index (χ2n) is 5.14. The van der Waals surface area contributed by atoms with E-state index in [0.717, 1.165) is 22.6 Å². The first kappa shape index (κ1) is 18.5. The average molecular weight is 408 g/mol. The van der Waals surface area contributed by atoms with Crippen molar-refractivity contribution in [3.8, 4) is 22.8 Å². The van der Waals surface area contributed by atoms with Crippen LogP contribution in [0.25, 0.3) is 11.3 Å². The lowest BCUT2D eigenvalue weighted by Gasteiger charge is -2.08. The fraction of sp³-hybridized carbons (Fsp3) is 0.111. The Hall–Kier alpha value is -2.28. The Morgan fingerprint density at radius 2 is 1.96 bits per heavy atom. The van der Waals surface area contributed by atoms with Crippen molar-refractivity contribution in [2.75, 3.05) is 19.6 Å². The molecular weight excluding hydrogens is 393 g/mol. The number of anilines is 1.